The van der Waals surface area contributed by atoms with Crippen LogP contribution in [0.3, 0.4) is 0 Å². The monoisotopic (exact) mass is 481 g/mol. The van der Waals surface area contributed by atoms with Gasteiger partial charge >= 0.3 is 0 Å². The Balaban J connectivity index is 1.45. The number of methoxy groups -OCH3 is 1. The molecule has 3 heterocycles. The van der Waals surface area contributed by atoms with Gasteiger partial charge in [0.25, 0.3) is 11.5 Å². The number of fused-ring (bicyclic) bond motifs is 1. The van der Waals surface area contributed by atoms with E-state index in [4.69, 9.17) is 4.74 Å². The van der Waals surface area contributed by atoms with Crippen molar-refractivity contribution in [3.05, 3.63) is 46.5 Å². The number of nitrogens with zero attached hydrogens (tertiary/aromatic N) is 4. The Morgan fingerprint density at radius 1 is 1.23 bits per heavy atom. The Bertz CT molecular complexity index is 1280. The van der Waals surface area contributed by atoms with E-state index in [1.165, 1.54) is 6.20 Å². The van der Waals surface area contributed by atoms with Crippen molar-refractivity contribution in [3.63, 3.8) is 0 Å². The standard InChI is InChI=1S/C24H31N7O4/c1-25-21-12-20(27-16-6-5-11-30(24(16)34)17-7-3-4-8-18(17)32)29-22-14(13-26-31(21)22)23(33)28-15-9-10-19(15)35-2/h5-6,11-13,15,17-19,25,32H,3-4,7-10H2,1-2H3,(H,27,29)(H,28,33)/t15?,17-,18+,19-/m1/s1. The SMILES string of the molecule is CNc1cc(Nc2cccn([C@@H]3CCCC[C@@H]3O)c2=O)nc2c(C(=O)NC3CC[C@H]3OC)cnn12. The number of hydrogen-bond donors (Lipinski definition) is 4. The molecule has 0 saturated heterocycles. The second-order valence-corrected chi connectivity index (χ2v) is 9.18. The molecular weight excluding hydrogens is 450 g/mol. The number of rotatable bonds is 7. The number of aromatic nitrogens is 4. The molecule has 0 bridgehead atoms. The molecule has 4 N–H and O–H groups in total. The molecule has 1 unspecified atom stereocenters. The van der Waals surface area contributed by atoms with Gasteiger partial charge in [0.05, 0.1) is 30.5 Å². The fourth-order valence-electron chi connectivity index (χ4n) is 4.95. The van der Waals surface area contributed by atoms with Gasteiger partial charge in [0.2, 0.25) is 0 Å². The van der Waals surface area contributed by atoms with Crippen molar-refractivity contribution in [2.75, 3.05) is 24.8 Å². The zero-order valence-electron chi connectivity index (χ0n) is 19.9. The molecule has 2 fully saturated rings. The molecule has 186 valence electrons. The summed E-state index contributed by atoms with van der Waals surface area (Å²) in [5.41, 5.74) is 0.812. The molecule has 4 atom stereocenters. The van der Waals surface area contributed by atoms with Crippen molar-refractivity contribution >= 4 is 28.9 Å². The average molecular weight is 482 g/mol. The van der Waals surface area contributed by atoms with Gasteiger partial charge in [-0.15, -0.1) is 0 Å². The van der Waals surface area contributed by atoms with Crippen LogP contribution in [0.25, 0.3) is 5.65 Å². The van der Waals surface area contributed by atoms with E-state index >= 15 is 0 Å². The molecule has 3 aromatic heterocycles. The van der Waals surface area contributed by atoms with Crippen LogP contribution in [0.4, 0.5) is 17.3 Å². The van der Waals surface area contributed by atoms with Crippen LogP contribution in [0, 0.1) is 0 Å². The molecule has 0 radical (unpaired) electrons. The number of carbonyl (C=O) groups excluding carboxylic acids is 1. The van der Waals surface area contributed by atoms with Crippen LogP contribution in [-0.4, -0.2) is 62.6 Å². The number of nitrogens with one attached hydrogen (secondary N) is 3. The highest BCUT2D eigenvalue weighted by Gasteiger charge is 2.33. The van der Waals surface area contributed by atoms with Gasteiger partial charge in [-0.2, -0.15) is 9.61 Å². The van der Waals surface area contributed by atoms with E-state index in [1.807, 2.05) is 0 Å². The largest absolute Gasteiger partial charge is 0.391 e. The molecule has 11 heteroatoms. The number of carbonyl (C=O) groups is 1. The molecule has 0 aliphatic heterocycles. The summed E-state index contributed by atoms with van der Waals surface area (Å²) < 4.78 is 8.53. The van der Waals surface area contributed by atoms with Crippen molar-refractivity contribution in [1.82, 2.24) is 24.5 Å². The highest BCUT2D eigenvalue weighted by Crippen LogP contribution is 2.28. The van der Waals surface area contributed by atoms with Gasteiger partial charge in [-0.3, -0.25) is 9.59 Å². The number of ether oxygens (including phenoxy) is 1. The third kappa shape index (κ3) is 4.37. The summed E-state index contributed by atoms with van der Waals surface area (Å²) in [5, 5.41) is 23.9. The lowest BCUT2D eigenvalue weighted by molar-refractivity contribution is 0.00732. The highest BCUT2D eigenvalue weighted by atomic mass is 16.5. The van der Waals surface area contributed by atoms with E-state index in [-0.39, 0.29) is 29.7 Å². The van der Waals surface area contributed by atoms with Crippen LogP contribution in [0.15, 0.2) is 35.4 Å². The summed E-state index contributed by atoms with van der Waals surface area (Å²) >= 11 is 0. The summed E-state index contributed by atoms with van der Waals surface area (Å²) in [6.07, 6.45) is 7.86. The molecule has 2 aliphatic rings. The van der Waals surface area contributed by atoms with Gasteiger partial charge in [-0.1, -0.05) is 12.8 Å². The summed E-state index contributed by atoms with van der Waals surface area (Å²) in [6.45, 7) is 0. The van der Waals surface area contributed by atoms with Gasteiger partial charge in [0, 0.05) is 26.4 Å². The molecule has 11 nitrogen and oxygen atoms in total. The Hall–Kier alpha value is -3.44. The topological polar surface area (TPSA) is 135 Å². The van der Waals surface area contributed by atoms with Crippen molar-refractivity contribution < 1.29 is 14.6 Å². The van der Waals surface area contributed by atoms with Crippen LogP contribution in [0.2, 0.25) is 0 Å². The Kier molecular flexibility index (Phi) is 6.44. The smallest absolute Gasteiger partial charge is 0.274 e. The van der Waals surface area contributed by atoms with E-state index in [2.05, 4.69) is 26.0 Å². The molecule has 35 heavy (non-hydrogen) atoms. The molecule has 0 aromatic carbocycles. The average Bonchev–Trinajstić information content (AvgIpc) is 3.27. The number of pyridine rings is 1. The summed E-state index contributed by atoms with van der Waals surface area (Å²) in [5.74, 6) is 0.731. The number of aliphatic hydroxyl groups excluding tert-OH is 1. The minimum atomic E-state index is -0.539. The van der Waals surface area contributed by atoms with Crippen LogP contribution < -0.4 is 21.5 Å². The quantitative estimate of drug-likeness (QED) is 0.403. The van der Waals surface area contributed by atoms with Crippen molar-refractivity contribution in [2.45, 2.75) is 62.8 Å². The summed E-state index contributed by atoms with van der Waals surface area (Å²) in [4.78, 5) is 30.8. The van der Waals surface area contributed by atoms with Crippen molar-refractivity contribution in [3.8, 4) is 0 Å². The van der Waals surface area contributed by atoms with Gasteiger partial charge in [0.15, 0.2) is 5.65 Å². The predicted octanol–water partition coefficient (Wildman–Crippen LogP) is 2.06. The summed E-state index contributed by atoms with van der Waals surface area (Å²) in [7, 11) is 3.39. The number of anilines is 3. The van der Waals surface area contributed by atoms with Crippen LogP contribution in [-0.2, 0) is 4.74 Å². The number of hydrogen-bond acceptors (Lipinski definition) is 8. The lowest BCUT2D eigenvalue weighted by Gasteiger charge is -2.35. The molecule has 0 spiro atoms. The fourth-order valence-corrected chi connectivity index (χ4v) is 4.95. The first-order chi connectivity index (χ1) is 17.0. The van der Waals surface area contributed by atoms with Gasteiger partial charge in [-0.05, 0) is 37.8 Å². The molecule has 2 aliphatic carbocycles. The Morgan fingerprint density at radius 3 is 2.77 bits per heavy atom. The summed E-state index contributed by atoms with van der Waals surface area (Å²) in [6, 6.07) is 4.91. The van der Waals surface area contributed by atoms with E-state index < -0.39 is 6.10 Å². The minimum absolute atomic E-state index is 0.0155. The molecule has 1 amide bonds. The van der Waals surface area contributed by atoms with Gasteiger partial charge in [0.1, 0.15) is 22.9 Å². The lowest BCUT2D eigenvalue weighted by Crippen LogP contribution is -2.51. The second kappa shape index (κ2) is 9.67. The van der Waals surface area contributed by atoms with E-state index in [0.29, 0.717) is 35.0 Å². The minimum Gasteiger partial charge on any atom is -0.391 e. The number of aliphatic hydroxyl groups is 1. The first kappa shape index (κ1) is 23.3. The van der Waals surface area contributed by atoms with Crippen LogP contribution in [0.5, 0.6) is 0 Å². The Labute approximate surface area is 202 Å². The Morgan fingerprint density at radius 2 is 2.06 bits per heavy atom. The van der Waals surface area contributed by atoms with E-state index in [9.17, 15) is 14.7 Å². The zero-order chi connectivity index (χ0) is 24.5. The third-order valence-electron chi connectivity index (χ3n) is 7.09. The lowest BCUT2D eigenvalue weighted by atomic mass is 9.89. The van der Waals surface area contributed by atoms with Crippen LogP contribution >= 0.6 is 0 Å². The normalized spacial score (nSPS) is 24.1. The maximum atomic E-state index is 13.2. The molecule has 3 aromatic rings. The maximum absolute atomic E-state index is 13.2. The maximum Gasteiger partial charge on any atom is 0.274 e. The van der Waals surface area contributed by atoms with Gasteiger partial charge < -0.3 is 30.4 Å². The number of amides is 1. The highest BCUT2D eigenvalue weighted by molar-refractivity contribution is 6.00. The first-order valence-electron chi connectivity index (χ1n) is 12.1. The fraction of sp³-hybridized carbons (Fsp3) is 0.500. The van der Waals surface area contributed by atoms with Crippen molar-refractivity contribution in [1.29, 1.82) is 0 Å². The molecule has 5 rings (SSSR count). The van der Waals surface area contributed by atoms with Crippen molar-refractivity contribution in [2.24, 2.45) is 0 Å². The first-order valence-corrected chi connectivity index (χ1v) is 12.1. The van der Waals surface area contributed by atoms with E-state index in [0.717, 1.165) is 32.1 Å². The third-order valence-corrected chi connectivity index (χ3v) is 7.09. The molecule has 2 saturated carbocycles. The van der Waals surface area contributed by atoms with E-state index in [1.54, 1.807) is 47.6 Å². The van der Waals surface area contributed by atoms with Gasteiger partial charge in [-0.25, -0.2) is 4.98 Å². The molecular formula is C24H31N7O4. The van der Waals surface area contributed by atoms with Crippen LogP contribution in [0.1, 0.15) is 54.9 Å². The predicted molar refractivity (Wildman–Crippen MR) is 131 cm³/mol. The zero-order valence-corrected chi connectivity index (χ0v) is 19.9. The second-order valence-electron chi connectivity index (χ2n) is 9.18.